The van der Waals surface area contributed by atoms with Crippen LogP contribution in [0.2, 0.25) is 5.09 Å². The van der Waals surface area contributed by atoms with E-state index in [1.807, 2.05) is 0 Å². The Morgan fingerprint density at radius 3 is 2.00 bits per heavy atom. The number of unbranched alkanes of at least 4 members (excludes halogenated alkanes) is 5. The zero-order valence-corrected chi connectivity index (χ0v) is 11.3. The van der Waals surface area contributed by atoms with Crippen LogP contribution in [0.4, 0.5) is 0 Å². The summed E-state index contributed by atoms with van der Waals surface area (Å²) < 4.78 is 5.81. The SMILES string of the molecule is [Li][CH2]CCCCCCCOC(C)(C)CC. The average molecular weight is 206 g/mol. The minimum absolute atomic E-state index is 0.0855. The van der Waals surface area contributed by atoms with Gasteiger partial charge < -0.3 is 0 Å². The van der Waals surface area contributed by atoms with Gasteiger partial charge in [0.2, 0.25) is 0 Å². The number of hydrogen-bond acceptors (Lipinski definition) is 1. The summed E-state index contributed by atoms with van der Waals surface area (Å²) in [4.78, 5) is 0. The van der Waals surface area contributed by atoms with Gasteiger partial charge in [0.1, 0.15) is 0 Å². The fraction of sp³-hybridized carbons (Fsp3) is 1.00. The molecule has 0 bridgehead atoms. The molecular weight excluding hydrogens is 179 g/mol. The van der Waals surface area contributed by atoms with Crippen LogP contribution in [0.25, 0.3) is 0 Å². The molecular formula is C13H27LiO. The van der Waals surface area contributed by atoms with E-state index in [0.717, 1.165) is 13.0 Å². The fourth-order valence-electron chi connectivity index (χ4n) is 1.51. The molecule has 0 heterocycles. The summed E-state index contributed by atoms with van der Waals surface area (Å²) in [6.45, 7) is 7.47. The zero-order valence-electron chi connectivity index (χ0n) is 11.3. The van der Waals surface area contributed by atoms with Crippen molar-refractivity contribution in [2.24, 2.45) is 0 Å². The number of ether oxygens (including phenoxy) is 1. The van der Waals surface area contributed by atoms with Gasteiger partial charge in [-0.3, -0.25) is 0 Å². The Hall–Kier alpha value is 0.557. The molecule has 2 heteroatoms. The van der Waals surface area contributed by atoms with Crippen molar-refractivity contribution in [3.8, 4) is 0 Å². The third-order valence-corrected chi connectivity index (χ3v) is 3.09. The van der Waals surface area contributed by atoms with E-state index in [2.05, 4.69) is 38.5 Å². The first-order valence-electron chi connectivity index (χ1n) is 6.76. The summed E-state index contributed by atoms with van der Waals surface area (Å²) >= 11 is 2.26. The second-order valence-electron chi connectivity index (χ2n) is 5.08. The topological polar surface area (TPSA) is 9.23 Å². The third kappa shape index (κ3) is 10.8. The number of rotatable bonds is 10. The van der Waals surface area contributed by atoms with E-state index in [0.29, 0.717) is 0 Å². The maximum absolute atomic E-state index is 5.81. The summed E-state index contributed by atoms with van der Waals surface area (Å²) in [5.74, 6) is 0. The van der Waals surface area contributed by atoms with Gasteiger partial charge in [-0.05, 0) is 0 Å². The average Bonchev–Trinajstić information content (AvgIpc) is 2.22. The molecule has 0 fully saturated rings. The van der Waals surface area contributed by atoms with Crippen molar-refractivity contribution in [2.75, 3.05) is 6.61 Å². The van der Waals surface area contributed by atoms with Crippen molar-refractivity contribution >= 4 is 17.7 Å². The first-order chi connectivity index (χ1) is 7.12. The quantitative estimate of drug-likeness (QED) is 0.386. The normalized spacial score (nSPS) is 12.1. The Balaban J connectivity index is 3.11. The molecule has 0 amide bonds. The van der Waals surface area contributed by atoms with Gasteiger partial charge in [-0.1, -0.05) is 0 Å². The molecule has 0 aromatic carbocycles. The van der Waals surface area contributed by atoms with Crippen LogP contribution in [-0.2, 0) is 4.74 Å². The molecule has 0 unspecified atom stereocenters. The second-order valence-corrected chi connectivity index (χ2v) is 5.08. The van der Waals surface area contributed by atoms with Crippen LogP contribution in [0.1, 0.15) is 65.7 Å². The van der Waals surface area contributed by atoms with Crippen molar-refractivity contribution in [2.45, 2.75) is 76.4 Å². The van der Waals surface area contributed by atoms with Crippen LogP contribution in [0.15, 0.2) is 0 Å². The molecule has 86 valence electrons. The van der Waals surface area contributed by atoms with Crippen LogP contribution in [-0.4, -0.2) is 29.9 Å². The van der Waals surface area contributed by atoms with E-state index >= 15 is 0 Å². The Kier molecular flexibility index (Phi) is 10.1. The molecule has 0 aromatic heterocycles. The number of hydrogen-bond donors (Lipinski definition) is 0. The maximum atomic E-state index is 5.81. The Bertz CT molecular complexity index is 134. The Morgan fingerprint density at radius 1 is 0.933 bits per heavy atom. The Morgan fingerprint density at radius 2 is 1.47 bits per heavy atom. The van der Waals surface area contributed by atoms with Gasteiger partial charge in [0.05, 0.1) is 0 Å². The summed E-state index contributed by atoms with van der Waals surface area (Å²) in [5.41, 5.74) is 0.0855. The first-order valence-corrected chi connectivity index (χ1v) is 6.76. The van der Waals surface area contributed by atoms with Crippen molar-refractivity contribution in [1.82, 2.24) is 0 Å². The molecule has 0 aliphatic rings. The summed E-state index contributed by atoms with van der Waals surface area (Å²) in [5, 5.41) is 1.34. The molecule has 0 saturated heterocycles. The third-order valence-electron chi connectivity index (χ3n) is 3.09. The van der Waals surface area contributed by atoms with Gasteiger partial charge in [-0.15, -0.1) is 0 Å². The summed E-state index contributed by atoms with van der Waals surface area (Å²) in [7, 11) is 0. The second kappa shape index (κ2) is 9.76. The fourth-order valence-corrected chi connectivity index (χ4v) is 1.51. The molecule has 0 aliphatic carbocycles. The molecule has 0 N–H and O–H groups in total. The van der Waals surface area contributed by atoms with Gasteiger partial charge in [-0.2, -0.15) is 0 Å². The first kappa shape index (κ1) is 15.6. The molecule has 0 radical (unpaired) electrons. The molecule has 0 spiro atoms. The van der Waals surface area contributed by atoms with E-state index in [1.54, 1.807) is 0 Å². The monoisotopic (exact) mass is 206 g/mol. The van der Waals surface area contributed by atoms with Gasteiger partial charge in [-0.25, -0.2) is 0 Å². The molecule has 0 saturated carbocycles. The molecule has 0 aliphatic heterocycles. The Labute approximate surface area is 106 Å². The van der Waals surface area contributed by atoms with Crippen LogP contribution in [0.5, 0.6) is 0 Å². The van der Waals surface area contributed by atoms with Gasteiger partial charge in [0.15, 0.2) is 0 Å². The van der Waals surface area contributed by atoms with Gasteiger partial charge in [0.25, 0.3) is 0 Å². The predicted molar refractivity (Wildman–Crippen MR) is 68.6 cm³/mol. The van der Waals surface area contributed by atoms with Gasteiger partial charge in [0, 0.05) is 0 Å². The van der Waals surface area contributed by atoms with E-state index in [9.17, 15) is 0 Å². The van der Waals surface area contributed by atoms with Crippen LogP contribution >= 0.6 is 0 Å². The van der Waals surface area contributed by atoms with Crippen LogP contribution in [0.3, 0.4) is 0 Å². The molecule has 0 atom stereocenters. The van der Waals surface area contributed by atoms with Crippen LogP contribution < -0.4 is 0 Å². The van der Waals surface area contributed by atoms with E-state index < -0.39 is 0 Å². The van der Waals surface area contributed by atoms with Crippen molar-refractivity contribution in [3.05, 3.63) is 0 Å². The van der Waals surface area contributed by atoms with Crippen molar-refractivity contribution in [1.29, 1.82) is 0 Å². The molecule has 0 rings (SSSR count). The van der Waals surface area contributed by atoms with Crippen molar-refractivity contribution in [3.63, 3.8) is 0 Å². The molecule has 0 aromatic rings. The minimum atomic E-state index is 0.0855. The molecule has 1 nitrogen and oxygen atoms in total. The van der Waals surface area contributed by atoms with Crippen molar-refractivity contribution < 1.29 is 4.74 Å². The predicted octanol–water partition coefficient (Wildman–Crippen LogP) is 4.12. The van der Waals surface area contributed by atoms with E-state index in [-0.39, 0.29) is 5.60 Å². The van der Waals surface area contributed by atoms with E-state index in [4.69, 9.17) is 4.74 Å². The summed E-state index contributed by atoms with van der Waals surface area (Å²) in [6, 6.07) is 0. The standard InChI is InChI=1S/C13H27O.Li/c1-5-7-8-9-10-11-12-14-13(3,4)6-2;/h1,5-12H2,2-4H3;. The van der Waals surface area contributed by atoms with Gasteiger partial charge >= 0.3 is 105 Å². The summed E-state index contributed by atoms with van der Waals surface area (Å²) in [6.07, 6.45) is 9.28. The zero-order chi connectivity index (χ0) is 11.6. The van der Waals surface area contributed by atoms with Crippen LogP contribution in [0, 0.1) is 0 Å². The van der Waals surface area contributed by atoms with E-state index in [1.165, 1.54) is 43.6 Å². The molecule has 15 heavy (non-hydrogen) atoms.